The molecule has 9 rings (SSSR count). The lowest BCUT2D eigenvalue weighted by Crippen LogP contribution is -2.65. The fraction of sp³-hybridized carbons (Fsp3) is 0.469. The van der Waals surface area contributed by atoms with Crippen molar-refractivity contribution in [2.75, 3.05) is 30.3 Å². The van der Waals surface area contributed by atoms with Crippen LogP contribution >= 0.6 is 22.9 Å². The molecule has 7 N–H and O–H groups in total. The van der Waals surface area contributed by atoms with Crippen molar-refractivity contribution in [3.63, 3.8) is 0 Å². The van der Waals surface area contributed by atoms with E-state index < -0.39 is 29.3 Å². The first-order valence-corrected chi connectivity index (χ1v) is 17.1. The lowest BCUT2D eigenvalue weighted by molar-refractivity contribution is -0.372. The van der Waals surface area contributed by atoms with Gasteiger partial charge in [-0.25, -0.2) is 9.29 Å². The molecule has 4 aromatic rings. The lowest BCUT2D eigenvalue weighted by Gasteiger charge is -2.43. The van der Waals surface area contributed by atoms with Gasteiger partial charge in [-0.1, -0.05) is 23.7 Å². The molecule has 0 radical (unpaired) electrons. The Hall–Kier alpha value is -3.59. The van der Waals surface area contributed by atoms with Crippen LogP contribution in [0.2, 0.25) is 5.02 Å². The summed E-state index contributed by atoms with van der Waals surface area (Å²) in [6, 6.07) is 6.76. The van der Waals surface area contributed by atoms with Crippen LogP contribution in [0.3, 0.4) is 0 Å². The van der Waals surface area contributed by atoms with Gasteiger partial charge in [0.05, 0.1) is 22.0 Å². The summed E-state index contributed by atoms with van der Waals surface area (Å²) >= 11 is 8.28. The van der Waals surface area contributed by atoms with Crippen molar-refractivity contribution < 1.29 is 34.3 Å². The highest BCUT2D eigenvalue weighted by atomic mass is 35.5. The van der Waals surface area contributed by atoms with Crippen molar-refractivity contribution in [2.24, 2.45) is 0 Å². The van der Waals surface area contributed by atoms with E-state index in [1.807, 2.05) is 4.90 Å². The van der Waals surface area contributed by atoms with Crippen LogP contribution in [-0.2, 0) is 0 Å². The van der Waals surface area contributed by atoms with Crippen molar-refractivity contribution in [1.29, 1.82) is 5.26 Å². The maximum absolute atomic E-state index is 17.2. The maximum atomic E-state index is 17.2. The number of aliphatic hydroxyl groups is 4. The molecule has 2 aromatic carbocycles. The van der Waals surface area contributed by atoms with Crippen LogP contribution in [0.15, 0.2) is 18.2 Å². The quantitative estimate of drug-likeness (QED) is 0.171. The molecule has 4 fully saturated rings. The summed E-state index contributed by atoms with van der Waals surface area (Å²) in [5.41, 5.74) is 4.84. The molecule has 13 nitrogen and oxygen atoms in total. The van der Waals surface area contributed by atoms with Crippen molar-refractivity contribution in [3.05, 3.63) is 34.6 Å². The number of fused-ring (bicyclic) bond motifs is 7. The van der Waals surface area contributed by atoms with Gasteiger partial charge < -0.3 is 45.9 Å². The number of benzene rings is 2. The van der Waals surface area contributed by atoms with Gasteiger partial charge >= 0.3 is 12.0 Å². The van der Waals surface area contributed by atoms with Gasteiger partial charge in [0.15, 0.2) is 11.6 Å². The first-order valence-electron chi connectivity index (χ1n) is 15.9. The second kappa shape index (κ2) is 10.2. The van der Waals surface area contributed by atoms with E-state index in [1.54, 1.807) is 18.2 Å². The zero-order valence-electron chi connectivity index (χ0n) is 25.4. The number of halogens is 2. The zero-order valence-corrected chi connectivity index (χ0v) is 27.0. The summed E-state index contributed by atoms with van der Waals surface area (Å²) in [5.74, 6) is -5.64. The van der Waals surface area contributed by atoms with E-state index in [0.29, 0.717) is 28.6 Å². The predicted octanol–water partition coefficient (Wildman–Crippen LogP) is 2.74. The Bertz CT molecular complexity index is 2090. The van der Waals surface area contributed by atoms with Crippen molar-refractivity contribution in [2.45, 2.75) is 74.1 Å². The van der Waals surface area contributed by atoms with Gasteiger partial charge in [0.1, 0.15) is 34.6 Å². The van der Waals surface area contributed by atoms with Gasteiger partial charge in [-0.3, -0.25) is 0 Å². The molecule has 4 atom stereocenters. The van der Waals surface area contributed by atoms with Gasteiger partial charge in [-0.2, -0.15) is 15.2 Å². The number of aromatic nitrogens is 2. The predicted molar refractivity (Wildman–Crippen MR) is 174 cm³/mol. The SMILES string of the molecule is N#Cc1c(N)sc2cccc(-c3c(Cl)c4c5c(nc(OC(O)(O)[C@]67CCCN6C(O)(O)CC7)nc5c3F)N3CC5CCC(N5)[C@H]3CO4)c12. The topological polar surface area (TPSA) is 193 Å². The number of ether oxygens (including phenoxy) is 2. The van der Waals surface area contributed by atoms with Crippen molar-refractivity contribution in [1.82, 2.24) is 20.2 Å². The molecule has 16 heteroatoms. The number of hydrogen-bond acceptors (Lipinski definition) is 14. The summed E-state index contributed by atoms with van der Waals surface area (Å²) in [6.45, 7) is 0.927. The highest BCUT2D eigenvalue weighted by molar-refractivity contribution is 7.23. The number of rotatable bonds is 4. The minimum Gasteiger partial charge on any atom is -0.489 e. The summed E-state index contributed by atoms with van der Waals surface area (Å²) in [7, 11) is 0. The molecule has 0 saturated carbocycles. The molecule has 2 aromatic heterocycles. The molecular weight excluding hydrogens is 665 g/mol. The molecule has 5 aliphatic heterocycles. The van der Waals surface area contributed by atoms with Crippen LogP contribution in [0, 0.1) is 17.1 Å². The first kappa shape index (κ1) is 30.5. The van der Waals surface area contributed by atoms with E-state index in [1.165, 1.54) is 16.2 Å². The number of piperazine rings is 1. The Kier molecular flexibility index (Phi) is 6.49. The highest BCUT2D eigenvalue weighted by Crippen LogP contribution is 2.53. The van der Waals surface area contributed by atoms with E-state index in [2.05, 4.69) is 21.4 Å². The van der Waals surface area contributed by atoms with Crippen LogP contribution in [-0.4, -0.2) is 90.5 Å². The smallest absolute Gasteiger partial charge is 0.344 e. The Morgan fingerprint density at radius 2 is 2.04 bits per heavy atom. The molecule has 0 spiro atoms. The molecule has 7 heterocycles. The van der Waals surface area contributed by atoms with E-state index in [-0.39, 0.29) is 94.2 Å². The Morgan fingerprint density at radius 3 is 2.85 bits per heavy atom. The Labute approximate surface area is 281 Å². The molecule has 0 amide bonds. The summed E-state index contributed by atoms with van der Waals surface area (Å²) in [6.07, 6.45) is 2.38. The molecule has 250 valence electrons. The van der Waals surface area contributed by atoms with E-state index in [4.69, 9.17) is 26.8 Å². The monoisotopic (exact) mass is 695 g/mol. The number of nitrogens with two attached hydrogens (primary N) is 1. The first-order chi connectivity index (χ1) is 22.9. The average Bonchev–Trinajstić information content (AvgIpc) is 3.78. The molecule has 48 heavy (non-hydrogen) atoms. The van der Waals surface area contributed by atoms with Gasteiger partial charge in [-0.05, 0) is 43.7 Å². The third-order valence-electron chi connectivity index (χ3n) is 10.9. The van der Waals surface area contributed by atoms with Crippen molar-refractivity contribution in [3.8, 4) is 29.0 Å². The minimum atomic E-state index is -2.98. The maximum Gasteiger partial charge on any atom is 0.344 e. The van der Waals surface area contributed by atoms with Gasteiger partial charge in [0.2, 0.25) is 5.91 Å². The fourth-order valence-electron chi connectivity index (χ4n) is 8.75. The number of hydrogen-bond donors (Lipinski definition) is 6. The van der Waals surface area contributed by atoms with Gasteiger partial charge in [0.25, 0.3) is 0 Å². The molecule has 2 bridgehead atoms. The number of anilines is 2. The molecule has 5 aliphatic rings. The van der Waals surface area contributed by atoms with Crippen LogP contribution in [0.5, 0.6) is 11.8 Å². The summed E-state index contributed by atoms with van der Waals surface area (Å²) in [5, 5.41) is 58.8. The normalized spacial score (nSPS) is 27.5. The third kappa shape index (κ3) is 4.03. The second-order valence-corrected chi connectivity index (χ2v) is 14.8. The van der Waals surface area contributed by atoms with Crippen LogP contribution in [0.4, 0.5) is 15.2 Å². The number of thiophene rings is 1. The Morgan fingerprint density at radius 1 is 1.21 bits per heavy atom. The summed E-state index contributed by atoms with van der Waals surface area (Å²) in [4.78, 5) is 12.4. The fourth-order valence-corrected chi connectivity index (χ4v) is 10.0. The molecular formula is C32H31ClFN7O6S. The zero-order chi connectivity index (χ0) is 33.3. The van der Waals surface area contributed by atoms with E-state index >= 15 is 4.39 Å². The van der Waals surface area contributed by atoms with Crippen molar-refractivity contribution >= 4 is 54.7 Å². The number of nitrogens with one attached hydrogen (secondary N) is 1. The third-order valence-corrected chi connectivity index (χ3v) is 12.3. The average molecular weight is 696 g/mol. The Balaban J connectivity index is 1.28. The van der Waals surface area contributed by atoms with Crippen LogP contribution in [0.1, 0.15) is 44.1 Å². The van der Waals surface area contributed by atoms with Crippen LogP contribution < -0.4 is 25.4 Å². The molecule has 2 unspecified atom stereocenters. The highest BCUT2D eigenvalue weighted by Gasteiger charge is 2.67. The van der Waals surface area contributed by atoms with E-state index in [0.717, 1.165) is 12.8 Å². The lowest BCUT2D eigenvalue weighted by atomic mass is 9.91. The minimum absolute atomic E-state index is 0.0117. The van der Waals surface area contributed by atoms with Gasteiger partial charge in [-0.15, -0.1) is 11.3 Å². The van der Waals surface area contributed by atoms with E-state index in [9.17, 15) is 25.7 Å². The largest absolute Gasteiger partial charge is 0.489 e. The molecule has 4 saturated heterocycles. The number of nitrogens with zero attached hydrogens (tertiary/aromatic N) is 5. The standard InChI is InChI=1S/C32H31ClFN7O6S/c33-23-21(15-3-1-4-19-20(15)16(11-35)27(36)48-19)24(34)25-22-26(23)46-13-18-17-6-5-14(37-17)12-40(18)28(22)39-29(38-25)47-32(44,45)30-7-2-10-41(30)31(42,43)9-8-30/h1,3-4,14,17-18,37,42-45H,2,5-10,12-13,36H2/t14?,17?,18-,30-/m1/s1. The van der Waals surface area contributed by atoms with Gasteiger partial charge in [0, 0.05) is 47.2 Å². The summed E-state index contributed by atoms with van der Waals surface area (Å²) < 4.78 is 30.1. The second-order valence-electron chi connectivity index (χ2n) is 13.4. The number of nitriles is 1. The molecule has 0 aliphatic carbocycles. The van der Waals surface area contributed by atoms with Crippen LogP contribution in [0.25, 0.3) is 32.1 Å². The number of nitrogen functional groups attached to an aromatic ring is 1.